The summed E-state index contributed by atoms with van der Waals surface area (Å²) in [5.74, 6) is 4.22. The third-order valence-electron chi connectivity index (χ3n) is 11.5. The van der Waals surface area contributed by atoms with E-state index in [-0.39, 0.29) is 35.6 Å². The van der Waals surface area contributed by atoms with Gasteiger partial charge in [0.15, 0.2) is 0 Å². The number of aryl methyl sites for hydroxylation is 2. The zero-order chi connectivity index (χ0) is 38.5. The monoisotopic (exact) mass is 960 g/mol. The van der Waals surface area contributed by atoms with Crippen molar-refractivity contribution in [1.82, 2.24) is 0 Å². The summed E-state index contributed by atoms with van der Waals surface area (Å²) in [6, 6.07) is 41.4. The van der Waals surface area contributed by atoms with Crippen LogP contribution in [0.1, 0.15) is 132 Å². The third kappa shape index (κ3) is 8.59. The molecule has 6 aromatic rings. The van der Waals surface area contributed by atoms with Crippen molar-refractivity contribution in [3.05, 3.63) is 166 Å². The Bertz CT molecular complexity index is 2220. The van der Waals surface area contributed by atoms with E-state index in [2.05, 4.69) is 177 Å². The van der Waals surface area contributed by atoms with Gasteiger partial charge in [0.1, 0.15) is 0 Å². The molecule has 2 nitrogen and oxygen atoms in total. The van der Waals surface area contributed by atoms with Gasteiger partial charge in [0.25, 0.3) is 0 Å². The molecule has 0 radical (unpaired) electrons. The first kappa shape index (κ1) is 43.0. The van der Waals surface area contributed by atoms with Gasteiger partial charge in [0, 0.05) is 0 Å². The van der Waals surface area contributed by atoms with Crippen LogP contribution in [0.3, 0.4) is 0 Å². The maximum Gasteiger partial charge on any atom is -1.00 e. The molecule has 0 fully saturated rings. The Morgan fingerprint density at radius 1 is 0.491 bits per heavy atom. The van der Waals surface area contributed by atoms with Crippen LogP contribution in [0.15, 0.2) is 118 Å². The Labute approximate surface area is 364 Å². The molecule has 2 heterocycles. The molecule has 0 bridgehead atoms. The van der Waals surface area contributed by atoms with Gasteiger partial charge in [-0.15, -0.1) is 0 Å². The number of benzene rings is 4. The number of halogens is 2. The molecule has 0 saturated heterocycles. The molecule has 292 valence electrons. The van der Waals surface area contributed by atoms with Crippen molar-refractivity contribution in [1.29, 1.82) is 0 Å². The van der Waals surface area contributed by atoms with Gasteiger partial charge in [-0.25, -0.2) is 0 Å². The summed E-state index contributed by atoms with van der Waals surface area (Å²) in [4.78, 5) is 0. The van der Waals surface area contributed by atoms with Crippen molar-refractivity contribution in [3.63, 3.8) is 0 Å². The molecule has 0 spiro atoms. The first-order valence-electron chi connectivity index (χ1n) is 20.3. The van der Waals surface area contributed by atoms with Gasteiger partial charge >= 0.3 is 342 Å². The summed E-state index contributed by atoms with van der Waals surface area (Å²) in [5, 5.41) is 0. The van der Waals surface area contributed by atoms with Crippen LogP contribution >= 0.6 is 0 Å². The second-order valence-corrected chi connectivity index (χ2v) is 22.9. The first-order chi connectivity index (χ1) is 26.4. The number of hydrogen-bond acceptors (Lipinski definition) is 2. The number of furan rings is 2. The first-order valence-corrected chi connectivity index (χ1v) is 24.4. The average molecular weight is 960 g/mol. The van der Waals surface area contributed by atoms with E-state index in [1.54, 1.807) is 0 Å². The molecule has 5 heteroatoms. The van der Waals surface area contributed by atoms with Crippen LogP contribution in [-0.2, 0) is 46.6 Å². The fourth-order valence-corrected chi connectivity index (χ4v) is 15.6. The second kappa shape index (κ2) is 17.3. The van der Waals surface area contributed by atoms with Crippen LogP contribution in [-0.4, -0.2) is 0 Å². The summed E-state index contributed by atoms with van der Waals surface area (Å²) >= 11 is -1.68. The minimum absolute atomic E-state index is 0. The maximum absolute atomic E-state index is 6.68. The fourth-order valence-electron chi connectivity index (χ4n) is 8.39. The van der Waals surface area contributed by atoms with Crippen LogP contribution in [0.2, 0.25) is 0 Å². The van der Waals surface area contributed by atoms with E-state index in [4.69, 9.17) is 8.83 Å². The number of hydrogen-bond donors (Lipinski definition) is 0. The van der Waals surface area contributed by atoms with E-state index in [0.717, 1.165) is 48.7 Å². The predicted octanol–water partition coefficient (Wildman–Crippen LogP) is 8.69. The van der Waals surface area contributed by atoms with Crippen LogP contribution < -0.4 is 24.8 Å². The molecular weight excluding hydrogens is 906 g/mol. The van der Waals surface area contributed by atoms with Gasteiger partial charge in [-0.05, 0) is 0 Å². The normalized spacial score (nSPS) is 15.9. The molecule has 0 N–H and O–H groups in total. The predicted molar refractivity (Wildman–Crippen MR) is 228 cm³/mol. The van der Waals surface area contributed by atoms with Crippen molar-refractivity contribution in [2.75, 3.05) is 0 Å². The third-order valence-corrected chi connectivity index (χ3v) is 18.3. The van der Waals surface area contributed by atoms with Crippen LogP contribution in [0, 0.1) is 0 Å². The van der Waals surface area contributed by atoms with Crippen LogP contribution in [0.4, 0.5) is 0 Å². The summed E-state index contributed by atoms with van der Waals surface area (Å²) < 4.78 is 14.0. The standard InChI is InChI=1S/2C26H27O.2ClH.Hf/c2*1-5-7-22-14-15-25(27-22)20-16-19-8-6-9-23(24(19)17-20)18-10-12-21(13-11-18)26(2,3)4;;;/h2*6,8-17H,5,7H2,1-4H3;2*1H;/q;;;;+2/p-2. The molecule has 2 unspecified atom stereocenters. The van der Waals surface area contributed by atoms with Gasteiger partial charge in [-0.3, -0.25) is 0 Å². The molecule has 0 saturated carbocycles. The van der Waals surface area contributed by atoms with Gasteiger partial charge < -0.3 is 24.8 Å². The molecule has 0 aliphatic heterocycles. The van der Waals surface area contributed by atoms with E-state index >= 15 is 0 Å². The topological polar surface area (TPSA) is 26.3 Å². The van der Waals surface area contributed by atoms with Crippen molar-refractivity contribution < 1.29 is 56.6 Å². The SMILES string of the molecule is CCCc1ccc(C2=Cc3c(-c4ccc(C(C)(C)C)cc4)cccc3[CH]2[Hf+2][CH]2C(c3ccc(CCC)o3)=Cc3c(-c4ccc(C(C)(C)C)cc4)cccc32)o1.[Cl-].[Cl-]. The van der Waals surface area contributed by atoms with Crippen molar-refractivity contribution in [3.8, 4) is 22.3 Å². The average Bonchev–Trinajstić information content (AvgIpc) is 3.97. The van der Waals surface area contributed by atoms with Crippen molar-refractivity contribution in [2.45, 2.75) is 99.3 Å². The summed E-state index contributed by atoms with van der Waals surface area (Å²) in [7, 11) is 0. The fraction of sp³-hybridized carbons (Fsp3) is 0.308. The van der Waals surface area contributed by atoms with Crippen molar-refractivity contribution in [2.24, 2.45) is 0 Å². The second-order valence-electron chi connectivity index (χ2n) is 17.5. The Kier molecular flexibility index (Phi) is 13.0. The number of rotatable bonds is 10. The summed E-state index contributed by atoms with van der Waals surface area (Å²) in [6.45, 7) is 18.2. The van der Waals surface area contributed by atoms with Crippen LogP contribution in [0.25, 0.3) is 45.6 Å². The largest absolute Gasteiger partial charge is 1.00 e. The smallest absolute Gasteiger partial charge is 1.00 e. The Morgan fingerprint density at radius 3 is 1.23 bits per heavy atom. The van der Waals surface area contributed by atoms with E-state index in [1.165, 1.54) is 66.8 Å². The number of allylic oxidation sites excluding steroid dienone is 2. The molecule has 0 amide bonds. The van der Waals surface area contributed by atoms with E-state index < -0.39 is 22.9 Å². The molecule has 2 aromatic heterocycles. The summed E-state index contributed by atoms with van der Waals surface area (Å²) in [5.41, 5.74) is 16.4. The van der Waals surface area contributed by atoms with Gasteiger partial charge in [-0.1, -0.05) is 0 Å². The summed E-state index contributed by atoms with van der Waals surface area (Å²) in [6.07, 6.45) is 9.01. The molecular formula is C52H54Cl2HfO2. The Morgan fingerprint density at radius 2 is 0.877 bits per heavy atom. The zero-order valence-electron chi connectivity index (χ0n) is 34.6. The van der Waals surface area contributed by atoms with E-state index in [0.29, 0.717) is 7.35 Å². The van der Waals surface area contributed by atoms with E-state index in [9.17, 15) is 0 Å². The van der Waals surface area contributed by atoms with E-state index in [1.807, 2.05) is 0 Å². The van der Waals surface area contributed by atoms with Crippen LogP contribution in [0.5, 0.6) is 0 Å². The molecule has 2 aliphatic rings. The van der Waals surface area contributed by atoms with Gasteiger partial charge in [0.2, 0.25) is 0 Å². The molecule has 8 rings (SSSR count). The number of fused-ring (bicyclic) bond motifs is 2. The van der Waals surface area contributed by atoms with Gasteiger partial charge in [-0.2, -0.15) is 0 Å². The molecule has 57 heavy (non-hydrogen) atoms. The Hall–Kier alpha value is -3.63. The maximum atomic E-state index is 6.68. The minimum atomic E-state index is -1.68. The van der Waals surface area contributed by atoms with Crippen molar-refractivity contribution >= 4 is 23.3 Å². The quantitative estimate of drug-likeness (QED) is 0.129. The minimum Gasteiger partial charge on any atom is -1.00 e. The molecule has 2 aliphatic carbocycles. The Balaban J connectivity index is 0.00000275. The molecule has 2 atom stereocenters. The van der Waals surface area contributed by atoms with Gasteiger partial charge in [0.05, 0.1) is 0 Å². The molecule has 4 aromatic carbocycles. The zero-order valence-corrected chi connectivity index (χ0v) is 39.7.